The lowest BCUT2D eigenvalue weighted by molar-refractivity contribution is -0.159. The van der Waals surface area contributed by atoms with Gasteiger partial charge in [-0.05, 0) is 44.7 Å². The normalized spacial score (nSPS) is 29.0. The van der Waals surface area contributed by atoms with Crippen LogP contribution in [0.25, 0.3) is 11.0 Å². The first-order valence-corrected chi connectivity index (χ1v) is 13.4. The molecule has 11 nitrogen and oxygen atoms in total. The average Bonchev–Trinajstić information content (AvgIpc) is 3.63. The van der Waals surface area contributed by atoms with E-state index in [1.807, 2.05) is 31.2 Å². The fourth-order valence-corrected chi connectivity index (χ4v) is 6.66. The summed E-state index contributed by atoms with van der Waals surface area (Å²) in [6.07, 6.45) is 5.08. The number of carbonyl (C=O) groups is 3. The number of likely N-dealkylation sites (tertiary alicyclic amines) is 1. The maximum atomic E-state index is 14.4. The molecular formula is C28H35N5O6. The standard InChI is InChI=1S/C28H35N5O6/c1-4-14-31(18-33-20-11-7-6-10-19(20)29-30-33)25(36)23-28-13-12-27(3,39-28)22(26(37)38-17-5-2)21(28)24(35)32(23)15-8-9-16-34/h4-7,10-11,21-23,34H,1-2,8-9,12-18H2,3H3/t21-,22+,23?,27-,28?/m0/s1. The van der Waals surface area contributed by atoms with E-state index in [0.29, 0.717) is 31.2 Å². The highest BCUT2D eigenvalue weighted by molar-refractivity contribution is 5.98. The van der Waals surface area contributed by atoms with Crippen LogP contribution < -0.4 is 0 Å². The molecule has 1 aromatic heterocycles. The Morgan fingerprint density at radius 1 is 1.26 bits per heavy atom. The third-order valence-corrected chi connectivity index (χ3v) is 8.30. The summed E-state index contributed by atoms with van der Waals surface area (Å²) in [6.45, 7) is 9.85. The Morgan fingerprint density at radius 3 is 2.79 bits per heavy atom. The van der Waals surface area contributed by atoms with Gasteiger partial charge in [-0.2, -0.15) is 0 Å². The van der Waals surface area contributed by atoms with Crippen molar-refractivity contribution >= 4 is 28.8 Å². The minimum atomic E-state index is -1.16. The summed E-state index contributed by atoms with van der Waals surface area (Å²) in [7, 11) is 0. The summed E-state index contributed by atoms with van der Waals surface area (Å²) in [5, 5.41) is 17.8. The van der Waals surface area contributed by atoms with Crippen molar-refractivity contribution in [2.24, 2.45) is 11.8 Å². The number of rotatable bonds is 12. The van der Waals surface area contributed by atoms with Crippen LogP contribution in [0.4, 0.5) is 0 Å². The molecule has 1 N–H and O–H groups in total. The third-order valence-electron chi connectivity index (χ3n) is 8.30. The van der Waals surface area contributed by atoms with Gasteiger partial charge < -0.3 is 24.4 Å². The van der Waals surface area contributed by atoms with E-state index in [-0.39, 0.29) is 44.8 Å². The average molecular weight is 538 g/mol. The van der Waals surface area contributed by atoms with E-state index in [9.17, 15) is 19.5 Å². The first-order valence-electron chi connectivity index (χ1n) is 13.4. The van der Waals surface area contributed by atoms with Crippen LogP contribution in [0.5, 0.6) is 0 Å². The highest BCUT2D eigenvalue weighted by Gasteiger charge is 2.78. The molecule has 0 aliphatic carbocycles. The quantitative estimate of drug-likeness (QED) is 0.246. The number of unbranched alkanes of at least 4 members (excludes halogenated alkanes) is 1. The number of hydrogen-bond donors (Lipinski definition) is 1. The molecule has 0 saturated carbocycles. The van der Waals surface area contributed by atoms with Gasteiger partial charge in [0.2, 0.25) is 11.8 Å². The number of aliphatic hydroxyl groups excluding tert-OH is 1. The van der Waals surface area contributed by atoms with Crippen LogP contribution in [0.3, 0.4) is 0 Å². The predicted molar refractivity (Wildman–Crippen MR) is 141 cm³/mol. The minimum Gasteiger partial charge on any atom is -0.461 e. The molecule has 39 heavy (non-hydrogen) atoms. The van der Waals surface area contributed by atoms with Gasteiger partial charge >= 0.3 is 5.97 Å². The molecule has 1 aromatic carbocycles. The first-order chi connectivity index (χ1) is 18.8. The highest BCUT2D eigenvalue weighted by Crippen LogP contribution is 2.63. The van der Waals surface area contributed by atoms with Crippen molar-refractivity contribution in [2.45, 2.75) is 56.5 Å². The van der Waals surface area contributed by atoms with Crippen molar-refractivity contribution in [3.8, 4) is 0 Å². The van der Waals surface area contributed by atoms with E-state index in [0.717, 1.165) is 5.52 Å². The predicted octanol–water partition coefficient (Wildman–Crippen LogP) is 1.67. The SMILES string of the molecule is C=CCOC(=O)[C@H]1[C@H]2C(=O)N(CCCCO)C(C(=O)N(CC=C)Cn3nnc4ccccc43)C23CC[C@]1(C)O3. The van der Waals surface area contributed by atoms with Gasteiger partial charge in [0, 0.05) is 19.7 Å². The van der Waals surface area contributed by atoms with Crippen LogP contribution in [0.15, 0.2) is 49.6 Å². The number of amides is 2. The van der Waals surface area contributed by atoms with Gasteiger partial charge in [-0.25, -0.2) is 4.68 Å². The van der Waals surface area contributed by atoms with E-state index in [2.05, 4.69) is 23.5 Å². The lowest BCUT2D eigenvalue weighted by Crippen LogP contribution is -2.56. The molecule has 3 aliphatic rings. The molecule has 11 heteroatoms. The van der Waals surface area contributed by atoms with E-state index < -0.39 is 35.0 Å². The molecule has 3 saturated heterocycles. The topological polar surface area (TPSA) is 127 Å². The van der Waals surface area contributed by atoms with Gasteiger partial charge in [-0.3, -0.25) is 14.4 Å². The fourth-order valence-electron chi connectivity index (χ4n) is 6.66. The summed E-state index contributed by atoms with van der Waals surface area (Å²) in [5.74, 6) is -2.78. The van der Waals surface area contributed by atoms with Gasteiger partial charge in [0.15, 0.2) is 0 Å². The summed E-state index contributed by atoms with van der Waals surface area (Å²) < 4.78 is 13.7. The lowest BCUT2D eigenvalue weighted by Gasteiger charge is -2.36. The molecule has 3 fully saturated rings. The van der Waals surface area contributed by atoms with E-state index >= 15 is 0 Å². The Hall–Kier alpha value is -3.57. The second kappa shape index (κ2) is 10.5. The second-order valence-electron chi connectivity index (χ2n) is 10.7. The Morgan fingerprint density at radius 2 is 2.05 bits per heavy atom. The number of hydrogen-bond acceptors (Lipinski definition) is 8. The minimum absolute atomic E-state index is 0.0255. The zero-order chi connectivity index (χ0) is 27.8. The van der Waals surface area contributed by atoms with Crippen LogP contribution in [0, 0.1) is 11.8 Å². The second-order valence-corrected chi connectivity index (χ2v) is 10.7. The number of fused-ring (bicyclic) bond motifs is 2. The molecule has 2 amide bonds. The number of carbonyl (C=O) groups excluding carboxylic acids is 3. The van der Waals surface area contributed by atoms with Crippen LogP contribution >= 0.6 is 0 Å². The largest absolute Gasteiger partial charge is 0.461 e. The molecule has 5 rings (SSSR count). The summed E-state index contributed by atoms with van der Waals surface area (Å²) in [6, 6.07) is 6.52. The molecule has 208 valence electrons. The monoisotopic (exact) mass is 537 g/mol. The van der Waals surface area contributed by atoms with E-state index in [1.165, 1.54) is 6.08 Å². The van der Waals surface area contributed by atoms with Crippen LogP contribution in [-0.4, -0.2) is 91.2 Å². The summed E-state index contributed by atoms with van der Waals surface area (Å²) in [4.78, 5) is 44.8. The Balaban J connectivity index is 1.52. The van der Waals surface area contributed by atoms with Gasteiger partial charge in [-0.1, -0.05) is 36.1 Å². The highest BCUT2D eigenvalue weighted by atomic mass is 16.6. The Labute approximate surface area is 227 Å². The fraction of sp³-hybridized carbons (Fsp3) is 0.536. The smallest absolute Gasteiger partial charge is 0.313 e. The number of para-hydroxylation sites is 1. The molecule has 5 atom stereocenters. The van der Waals surface area contributed by atoms with E-state index in [1.54, 1.807) is 20.6 Å². The van der Waals surface area contributed by atoms with Crippen molar-refractivity contribution < 1.29 is 29.0 Å². The number of ether oxygens (including phenoxy) is 2. The molecule has 2 aromatic rings. The number of esters is 1. The molecule has 0 radical (unpaired) electrons. The van der Waals surface area contributed by atoms with Gasteiger partial charge in [0.05, 0.1) is 17.0 Å². The van der Waals surface area contributed by atoms with Crippen molar-refractivity contribution in [2.75, 3.05) is 26.3 Å². The lowest BCUT2D eigenvalue weighted by atomic mass is 9.66. The molecule has 3 aliphatic heterocycles. The molecule has 4 heterocycles. The van der Waals surface area contributed by atoms with Crippen LogP contribution in [0.2, 0.25) is 0 Å². The zero-order valence-corrected chi connectivity index (χ0v) is 22.2. The summed E-state index contributed by atoms with van der Waals surface area (Å²) in [5.41, 5.74) is -0.604. The molecule has 2 bridgehead atoms. The maximum Gasteiger partial charge on any atom is 0.313 e. The van der Waals surface area contributed by atoms with Gasteiger partial charge in [0.1, 0.15) is 36.4 Å². The number of benzene rings is 1. The Bertz CT molecular complexity index is 1290. The number of aromatic nitrogens is 3. The van der Waals surface area contributed by atoms with Gasteiger partial charge in [0.25, 0.3) is 0 Å². The molecule has 2 unspecified atom stereocenters. The van der Waals surface area contributed by atoms with Crippen LogP contribution in [0.1, 0.15) is 32.6 Å². The molecule has 1 spiro atoms. The van der Waals surface area contributed by atoms with Crippen molar-refractivity contribution in [1.29, 1.82) is 0 Å². The zero-order valence-electron chi connectivity index (χ0n) is 22.2. The number of aliphatic hydroxyl groups is 1. The van der Waals surface area contributed by atoms with Crippen LogP contribution in [-0.2, 0) is 30.5 Å². The first kappa shape index (κ1) is 27.0. The number of nitrogens with zero attached hydrogens (tertiary/aromatic N) is 5. The van der Waals surface area contributed by atoms with Crippen molar-refractivity contribution in [1.82, 2.24) is 24.8 Å². The van der Waals surface area contributed by atoms with Crippen molar-refractivity contribution in [3.05, 3.63) is 49.6 Å². The van der Waals surface area contributed by atoms with E-state index in [4.69, 9.17) is 9.47 Å². The Kier molecular flexibility index (Phi) is 7.30. The summed E-state index contributed by atoms with van der Waals surface area (Å²) >= 11 is 0. The van der Waals surface area contributed by atoms with Crippen molar-refractivity contribution in [3.63, 3.8) is 0 Å². The third kappa shape index (κ3) is 4.33. The molecular weight excluding hydrogens is 502 g/mol. The maximum absolute atomic E-state index is 14.4. The van der Waals surface area contributed by atoms with Gasteiger partial charge in [-0.15, -0.1) is 11.7 Å².